The van der Waals surface area contributed by atoms with Gasteiger partial charge in [-0.3, -0.25) is 9.59 Å². The third-order valence-electron chi connectivity index (χ3n) is 7.00. The molecule has 1 saturated heterocycles. The van der Waals surface area contributed by atoms with Crippen LogP contribution < -0.4 is 5.32 Å². The number of carbonyl (C=O) groups excluding carboxylic acids is 2. The molecule has 2 aliphatic carbocycles. The van der Waals surface area contributed by atoms with Crippen molar-refractivity contribution in [2.75, 3.05) is 32.5 Å². The smallest absolute Gasteiger partial charge is 0.226 e. The fraction of sp³-hybridized carbons (Fsp3) is 0.714. The molecule has 7 nitrogen and oxygen atoms in total. The van der Waals surface area contributed by atoms with Crippen LogP contribution in [0.15, 0.2) is 6.07 Å². The van der Waals surface area contributed by atoms with Crippen LogP contribution in [-0.4, -0.2) is 58.8 Å². The summed E-state index contributed by atoms with van der Waals surface area (Å²) in [5, 5.41) is 3.10. The number of anilines is 1. The first-order chi connectivity index (χ1) is 13.4. The van der Waals surface area contributed by atoms with Crippen molar-refractivity contribution in [2.24, 2.45) is 11.3 Å². The Morgan fingerprint density at radius 2 is 2.00 bits per heavy atom. The molecule has 4 rings (SSSR count). The molecule has 1 aromatic heterocycles. The van der Waals surface area contributed by atoms with Crippen LogP contribution >= 0.6 is 0 Å². The van der Waals surface area contributed by atoms with E-state index in [1.807, 2.05) is 13.1 Å². The van der Waals surface area contributed by atoms with Crippen molar-refractivity contribution in [2.45, 2.75) is 57.9 Å². The Morgan fingerprint density at radius 1 is 1.29 bits per heavy atom. The van der Waals surface area contributed by atoms with Gasteiger partial charge in [0.05, 0.1) is 12.2 Å². The van der Waals surface area contributed by atoms with Gasteiger partial charge < -0.3 is 15.1 Å². The van der Waals surface area contributed by atoms with E-state index in [0.29, 0.717) is 23.8 Å². The van der Waals surface area contributed by atoms with E-state index in [4.69, 9.17) is 4.98 Å². The van der Waals surface area contributed by atoms with E-state index in [1.165, 1.54) is 19.3 Å². The number of likely N-dealkylation sites (tertiary alicyclic amines) is 1. The molecule has 0 radical (unpaired) electrons. The first kappa shape index (κ1) is 19.2. The normalized spacial score (nSPS) is 23.2. The third kappa shape index (κ3) is 3.59. The summed E-state index contributed by atoms with van der Waals surface area (Å²) in [4.78, 5) is 37.5. The second-order valence-electron chi connectivity index (χ2n) is 8.80. The second-order valence-corrected chi connectivity index (χ2v) is 8.80. The number of carbonyl (C=O) groups is 2. The van der Waals surface area contributed by atoms with Gasteiger partial charge in [-0.2, -0.15) is 0 Å². The van der Waals surface area contributed by atoms with Crippen molar-refractivity contribution >= 4 is 17.6 Å². The summed E-state index contributed by atoms with van der Waals surface area (Å²) in [5.41, 5.74) is 1.24. The number of nitrogens with zero attached hydrogens (tertiary/aromatic N) is 4. The van der Waals surface area contributed by atoms with E-state index in [-0.39, 0.29) is 11.8 Å². The Balaban J connectivity index is 1.39. The lowest BCUT2D eigenvalue weighted by atomic mass is 9.79. The largest absolute Gasteiger partial charge is 0.373 e. The molecule has 0 aromatic carbocycles. The van der Waals surface area contributed by atoms with E-state index in [9.17, 15) is 9.59 Å². The molecule has 152 valence electrons. The van der Waals surface area contributed by atoms with Gasteiger partial charge in [0.25, 0.3) is 0 Å². The van der Waals surface area contributed by atoms with E-state index >= 15 is 0 Å². The Hall–Kier alpha value is -2.18. The third-order valence-corrected chi connectivity index (χ3v) is 7.00. The zero-order valence-electron chi connectivity index (χ0n) is 17.2. The fourth-order valence-corrected chi connectivity index (χ4v) is 4.72. The molecule has 28 heavy (non-hydrogen) atoms. The van der Waals surface area contributed by atoms with Crippen LogP contribution in [0.1, 0.15) is 62.9 Å². The second kappa shape index (κ2) is 7.33. The van der Waals surface area contributed by atoms with Gasteiger partial charge in [0.2, 0.25) is 11.8 Å². The van der Waals surface area contributed by atoms with Crippen LogP contribution in [0.3, 0.4) is 0 Å². The van der Waals surface area contributed by atoms with E-state index < -0.39 is 0 Å². The predicted octanol–water partition coefficient (Wildman–Crippen LogP) is 2.39. The Kier molecular flexibility index (Phi) is 5.02. The molecular formula is C21H31N5O2. The summed E-state index contributed by atoms with van der Waals surface area (Å²) in [6, 6.07) is 1.90. The number of aromatic nitrogens is 2. The van der Waals surface area contributed by atoms with Gasteiger partial charge in [0.1, 0.15) is 11.6 Å². The average Bonchev–Trinajstić information content (AvgIpc) is 3.44. The number of nitrogens with one attached hydrogen (secondary N) is 1. The van der Waals surface area contributed by atoms with E-state index in [1.54, 1.807) is 18.9 Å². The zero-order chi connectivity index (χ0) is 19.9. The summed E-state index contributed by atoms with van der Waals surface area (Å²) in [5.74, 6) is 2.56. The molecule has 3 fully saturated rings. The molecule has 1 spiro atoms. The highest BCUT2D eigenvalue weighted by Gasteiger charge is 2.61. The van der Waals surface area contributed by atoms with Crippen LogP contribution in [0.25, 0.3) is 0 Å². The summed E-state index contributed by atoms with van der Waals surface area (Å²) in [6.45, 7) is 3.62. The topological polar surface area (TPSA) is 78.4 Å². The van der Waals surface area contributed by atoms with Crippen LogP contribution in [-0.2, 0) is 16.1 Å². The van der Waals surface area contributed by atoms with E-state index in [0.717, 1.165) is 49.7 Å². The van der Waals surface area contributed by atoms with E-state index in [2.05, 4.69) is 15.2 Å². The van der Waals surface area contributed by atoms with Crippen molar-refractivity contribution in [3.8, 4) is 0 Å². The van der Waals surface area contributed by atoms with Crippen molar-refractivity contribution < 1.29 is 9.59 Å². The lowest BCUT2D eigenvalue weighted by molar-refractivity contribution is -0.135. The lowest BCUT2D eigenvalue weighted by Gasteiger charge is -2.33. The van der Waals surface area contributed by atoms with Gasteiger partial charge in [-0.05, 0) is 37.5 Å². The maximum atomic E-state index is 12.8. The number of piperidine rings is 1. The van der Waals surface area contributed by atoms with Crippen LogP contribution in [0.5, 0.6) is 0 Å². The minimum atomic E-state index is 0.0160. The van der Waals surface area contributed by atoms with Crippen molar-refractivity contribution in [3.05, 3.63) is 17.6 Å². The summed E-state index contributed by atoms with van der Waals surface area (Å²) < 4.78 is 0. The molecule has 1 N–H and O–H groups in total. The molecule has 2 saturated carbocycles. The predicted molar refractivity (Wildman–Crippen MR) is 107 cm³/mol. The zero-order valence-corrected chi connectivity index (χ0v) is 17.2. The fourth-order valence-electron chi connectivity index (χ4n) is 4.72. The monoisotopic (exact) mass is 385 g/mol. The Morgan fingerprint density at radius 3 is 2.54 bits per heavy atom. The summed E-state index contributed by atoms with van der Waals surface area (Å²) in [6.07, 6.45) is 6.73. The highest BCUT2D eigenvalue weighted by atomic mass is 16.2. The molecule has 1 atom stereocenters. The van der Waals surface area contributed by atoms with Crippen molar-refractivity contribution in [1.82, 2.24) is 19.8 Å². The number of hydrogen-bond donors (Lipinski definition) is 1. The Bertz CT molecular complexity index is 768. The minimum absolute atomic E-state index is 0.0160. The minimum Gasteiger partial charge on any atom is -0.373 e. The molecular weight excluding hydrogens is 354 g/mol. The quantitative estimate of drug-likeness (QED) is 0.842. The first-order valence-electron chi connectivity index (χ1n) is 10.5. The van der Waals surface area contributed by atoms with Crippen molar-refractivity contribution in [3.63, 3.8) is 0 Å². The molecule has 3 aliphatic rings. The molecule has 1 aliphatic heterocycles. The van der Waals surface area contributed by atoms with Gasteiger partial charge in [0, 0.05) is 52.0 Å². The van der Waals surface area contributed by atoms with Gasteiger partial charge in [-0.15, -0.1) is 0 Å². The maximum Gasteiger partial charge on any atom is 0.226 e. The standard InChI is InChI=1S/C21H31N5O2/c1-14(27)25(3)13-16-11-18(22-2)24-19(23-16)15-5-9-26(10-6-15)20(28)17-12-21(17)7-4-8-21/h11,15,17H,4-10,12-13H2,1-3H3,(H,22,23,24). The maximum absolute atomic E-state index is 12.8. The van der Waals surface area contributed by atoms with Crippen LogP contribution in [0.4, 0.5) is 5.82 Å². The molecule has 7 heteroatoms. The number of amides is 2. The van der Waals surface area contributed by atoms with Gasteiger partial charge >= 0.3 is 0 Å². The van der Waals surface area contributed by atoms with Gasteiger partial charge in [-0.25, -0.2) is 9.97 Å². The van der Waals surface area contributed by atoms with Gasteiger partial charge in [0.15, 0.2) is 0 Å². The SMILES string of the molecule is CNc1cc(CN(C)C(C)=O)nc(C2CCN(C(=O)C3CC34CCC4)CC2)n1. The average molecular weight is 386 g/mol. The molecule has 0 bridgehead atoms. The highest BCUT2D eigenvalue weighted by molar-refractivity contribution is 5.83. The molecule has 2 amide bonds. The Labute approximate surface area is 166 Å². The summed E-state index contributed by atoms with van der Waals surface area (Å²) in [7, 11) is 3.62. The number of rotatable bonds is 5. The van der Waals surface area contributed by atoms with Crippen LogP contribution in [0, 0.1) is 11.3 Å². The molecule has 1 unspecified atom stereocenters. The highest BCUT2D eigenvalue weighted by Crippen LogP contribution is 2.66. The number of hydrogen-bond acceptors (Lipinski definition) is 5. The van der Waals surface area contributed by atoms with Crippen LogP contribution in [0.2, 0.25) is 0 Å². The summed E-state index contributed by atoms with van der Waals surface area (Å²) >= 11 is 0. The first-order valence-corrected chi connectivity index (χ1v) is 10.5. The molecule has 1 aromatic rings. The lowest BCUT2D eigenvalue weighted by Crippen LogP contribution is -2.40. The van der Waals surface area contributed by atoms with Crippen molar-refractivity contribution in [1.29, 1.82) is 0 Å². The van der Waals surface area contributed by atoms with Gasteiger partial charge in [-0.1, -0.05) is 6.42 Å². The molecule has 2 heterocycles.